The third-order valence-electron chi connectivity index (χ3n) is 3.59. The Hall–Kier alpha value is -1.58. The number of carbonyl (C=O) groups is 1. The maximum Gasteiger partial charge on any atom is 0.274 e. The first-order valence-electron chi connectivity index (χ1n) is 6.77. The summed E-state index contributed by atoms with van der Waals surface area (Å²) in [6, 6.07) is 1.66. The molecule has 0 radical (unpaired) electrons. The molecule has 1 N–H and O–H groups in total. The molecule has 1 aromatic rings. The first-order valence-corrected chi connectivity index (χ1v) is 6.77. The summed E-state index contributed by atoms with van der Waals surface area (Å²) in [5.74, 6) is 1.04. The zero-order chi connectivity index (χ0) is 14.0. The van der Waals surface area contributed by atoms with Gasteiger partial charge in [-0.05, 0) is 43.6 Å². The minimum absolute atomic E-state index is 0.199. The lowest BCUT2D eigenvalue weighted by atomic mass is 9.72. The van der Waals surface area contributed by atoms with E-state index in [0.29, 0.717) is 17.2 Å². The number of nitrogens with zero attached hydrogens (tertiary/aromatic N) is 1. The van der Waals surface area contributed by atoms with Gasteiger partial charge in [0.1, 0.15) is 5.76 Å². The molecule has 1 heterocycles. The summed E-state index contributed by atoms with van der Waals surface area (Å²) < 4.78 is 5.12. The van der Waals surface area contributed by atoms with Gasteiger partial charge in [-0.1, -0.05) is 20.8 Å². The highest BCUT2D eigenvalue weighted by atomic mass is 16.3. The van der Waals surface area contributed by atoms with E-state index in [0.717, 1.165) is 18.6 Å². The molecule has 1 fully saturated rings. The largest absolute Gasteiger partial charge is 0.469 e. The number of hydrogen-bond acceptors (Lipinski definition) is 3. The molecular formula is C15H22N2O2. The molecule has 2 rings (SSSR count). The third-order valence-corrected chi connectivity index (χ3v) is 3.59. The number of amides is 1. The average molecular weight is 262 g/mol. The predicted octanol–water partition coefficient (Wildman–Crippen LogP) is 3.52. The molecular weight excluding hydrogens is 240 g/mol. The predicted molar refractivity (Wildman–Crippen MR) is 75.1 cm³/mol. The third kappa shape index (κ3) is 3.46. The number of aryl methyl sites for hydroxylation is 1. The van der Waals surface area contributed by atoms with Crippen molar-refractivity contribution < 1.29 is 9.21 Å². The highest BCUT2D eigenvalue weighted by molar-refractivity contribution is 5.96. The van der Waals surface area contributed by atoms with E-state index in [4.69, 9.17) is 4.42 Å². The summed E-state index contributed by atoms with van der Waals surface area (Å²) in [6.07, 6.45) is 4.64. The zero-order valence-electron chi connectivity index (χ0n) is 12.1. The molecule has 1 saturated carbocycles. The molecule has 0 aliphatic heterocycles. The van der Waals surface area contributed by atoms with Crippen LogP contribution in [0.2, 0.25) is 0 Å². The van der Waals surface area contributed by atoms with Gasteiger partial charge in [0.25, 0.3) is 5.91 Å². The lowest BCUT2D eigenvalue weighted by Crippen LogP contribution is -2.30. The van der Waals surface area contributed by atoms with Gasteiger partial charge in [-0.3, -0.25) is 4.79 Å². The van der Waals surface area contributed by atoms with Gasteiger partial charge in [0.05, 0.1) is 11.8 Å². The molecule has 0 aromatic carbocycles. The zero-order valence-corrected chi connectivity index (χ0v) is 12.1. The van der Waals surface area contributed by atoms with Crippen molar-refractivity contribution in [3.05, 3.63) is 23.7 Å². The van der Waals surface area contributed by atoms with Crippen LogP contribution in [-0.2, 0) is 0 Å². The van der Waals surface area contributed by atoms with Gasteiger partial charge in [-0.2, -0.15) is 5.10 Å². The first-order chi connectivity index (χ1) is 8.87. The number of nitrogens with one attached hydrogen (secondary N) is 1. The molecule has 1 unspecified atom stereocenters. The number of carbonyl (C=O) groups excluding carboxylic acids is 1. The lowest BCUT2D eigenvalue weighted by Gasteiger charge is -2.34. The number of hydrogen-bond donors (Lipinski definition) is 1. The highest BCUT2D eigenvalue weighted by Gasteiger charge is 2.29. The van der Waals surface area contributed by atoms with Crippen LogP contribution in [0.15, 0.2) is 21.8 Å². The van der Waals surface area contributed by atoms with Crippen molar-refractivity contribution >= 4 is 11.6 Å². The smallest absolute Gasteiger partial charge is 0.274 e. The van der Waals surface area contributed by atoms with Gasteiger partial charge >= 0.3 is 0 Å². The Morgan fingerprint density at radius 1 is 1.53 bits per heavy atom. The minimum Gasteiger partial charge on any atom is -0.469 e. The van der Waals surface area contributed by atoms with Crippen molar-refractivity contribution in [1.29, 1.82) is 0 Å². The topological polar surface area (TPSA) is 54.6 Å². The number of furan rings is 1. The van der Waals surface area contributed by atoms with Gasteiger partial charge in [-0.25, -0.2) is 5.43 Å². The van der Waals surface area contributed by atoms with Crippen molar-refractivity contribution in [3.63, 3.8) is 0 Å². The molecule has 19 heavy (non-hydrogen) atoms. The van der Waals surface area contributed by atoms with Crippen molar-refractivity contribution in [2.24, 2.45) is 16.4 Å². The summed E-state index contributed by atoms with van der Waals surface area (Å²) >= 11 is 0. The van der Waals surface area contributed by atoms with E-state index in [-0.39, 0.29) is 11.3 Å². The molecule has 1 aromatic heterocycles. The average Bonchev–Trinajstić information content (AvgIpc) is 2.69. The summed E-state index contributed by atoms with van der Waals surface area (Å²) in [6.45, 7) is 8.51. The maximum atomic E-state index is 11.9. The number of rotatable bonds is 2. The summed E-state index contributed by atoms with van der Waals surface area (Å²) in [5.41, 5.74) is 4.54. The Balaban J connectivity index is 2.02. The van der Waals surface area contributed by atoms with E-state index in [1.165, 1.54) is 12.7 Å². The Bertz CT molecular complexity index is 500. The van der Waals surface area contributed by atoms with E-state index in [1.54, 1.807) is 13.0 Å². The van der Waals surface area contributed by atoms with Gasteiger partial charge in [-0.15, -0.1) is 0 Å². The molecule has 1 amide bonds. The molecule has 1 aliphatic carbocycles. The second-order valence-corrected chi connectivity index (χ2v) is 6.36. The minimum atomic E-state index is -0.199. The van der Waals surface area contributed by atoms with Crippen molar-refractivity contribution in [2.75, 3.05) is 0 Å². The van der Waals surface area contributed by atoms with E-state index >= 15 is 0 Å². The van der Waals surface area contributed by atoms with Gasteiger partial charge < -0.3 is 4.42 Å². The monoisotopic (exact) mass is 262 g/mol. The molecule has 0 spiro atoms. The van der Waals surface area contributed by atoms with Crippen LogP contribution < -0.4 is 5.43 Å². The van der Waals surface area contributed by atoms with Crippen LogP contribution in [0.5, 0.6) is 0 Å². The SMILES string of the molecule is Cc1occc1C(=O)N/N=C1/CC(C)CC(C)(C)C1. The fourth-order valence-electron chi connectivity index (χ4n) is 3.01. The van der Waals surface area contributed by atoms with E-state index < -0.39 is 0 Å². The van der Waals surface area contributed by atoms with Gasteiger partial charge in [0, 0.05) is 5.71 Å². The van der Waals surface area contributed by atoms with Crippen molar-refractivity contribution in [3.8, 4) is 0 Å². The fraction of sp³-hybridized carbons (Fsp3) is 0.600. The Morgan fingerprint density at radius 3 is 2.84 bits per heavy atom. The van der Waals surface area contributed by atoms with E-state index in [9.17, 15) is 4.79 Å². The first kappa shape index (κ1) is 13.8. The van der Waals surface area contributed by atoms with E-state index in [1.807, 2.05) is 0 Å². The van der Waals surface area contributed by atoms with Crippen LogP contribution in [0.3, 0.4) is 0 Å². The molecule has 104 valence electrons. The van der Waals surface area contributed by atoms with Crippen LogP contribution in [0, 0.1) is 18.3 Å². The van der Waals surface area contributed by atoms with Crippen molar-refractivity contribution in [1.82, 2.24) is 5.43 Å². The van der Waals surface area contributed by atoms with Crippen LogP contribution in [0.1, 0.15) is 56.2 Å². The Kier molecular flexibility index (Phi) is 3.78. The molecule has 1 aliphatic rings. The standard InChI is InChI=1S/C15H22N2O2/c1-10-7-12(9-15(3,4)8-10)16-17-14(18)13-5-6-19-11(13)2/h5-6,10H,7-9H2,1-4H3,(H,17,18)/b16-12-. The van der Waals surface area contributed by atoms with Gasteiger partial charge in [0.2, 0.25) is 0 Å². The summed E-state index contributed by atoms with van der Waals surface area (Å²) in [7, 11) is 0. The molecule has 4 heteroatoms. The van der Waals surface area contributed by atoms with Crippen LogP contribution in [0.4, 0.5) is 0 Å². The van der Waals surface area contributed by atoms with Crippen molar-refractivity contribution in [2.45, 2.75) is 47.0 Å². The number of hydrazone groups is 1. The second-order valence-electron chi connectivity index (χ2n) is 6.36. The van der Waals surface area contributed by atoms with Crippen LogP contribution >= 0.6 is 0 Å². The summed E-state index contributed by atoms with van der Waals surface area (Å²) in [5, 5.41) is 4.30. The van der Waals surface area contributed by atoms with E-state index in [2.05, 4.69) is 31.3 Å². The Morgan fingerprint density at radius 2 is 2.26 bits per heavy atom. The van der Waals surface area contributed by atoms with Gasteiger partial charge in [0.15, 0.2) is 0 Å². The molecule has 0 saturated heterocycles. The Labute approximate surface area is 114 Å². The van der Waals surface area contributed by atoms with Crippen LogP contribution in [0.25, 0.3) is 0 Å². The fourth-order valence-corrected chi connectivity index (χ4v) is 3.01. The maximum absolute atomic E-state index is 11.9. The quantitative estimate of drug-likeness (QED) is 0.829. The molecule has 4 nitrogen and oxygen atoms in total. The highest BCUT2D eigenvalue weighted by Crippen LogP contribution is 2.36. The molecule has 1 atom stereocenters. The normalized spacial score (nSPS) is 24.4. The molecule has 0 bridgehead atoms. The second kappa shape index (κ2) is 5.19. The lowest BCUT2D eigenvalue weighted by molar-refractivity contribution is 0.0952. The summed E-state index contributed by atoms with van der Waals surface area (Å²) in [4.78, 5) is 11.9. The van der Waals surface area contributed by atoms with Crippen LogP contribution in [-0.4, -0.2) is 11.6 Å².